The van der Waals surface area contributed by atoms with Crippen LogP contribution in [0.15, 0.2) is 85.2 Å². The summed E-state index contributed by atoms with van der Waals surface area (Å²) in [6.07, 6.45) is 3.62. The lowest BCUT2D eigenvalue weighted by molar-refractivity contribution is 1.08. The Balaban J connectivity index is 1.91. The van der Waals surface area contributed by atoms with Gasteiger partial charge in [-0.15, -0.1) is 0 Å². The highest BCUT2D eigenvalue weighted by atomic mass is 15.1. The van der Waals surface area contributed by atoms with Crippen molar-refractivity contribution in [2.75, 3.05) is 0 Å². The third-order valence-corrected chi connectivity index (χ3v) is 4.32. The standard InChI is InChI=1S/C21H14N4/c1-2-7-15(8-3-1)25-20(24-19-12-6-14-23-21(19)25)17-9-4-11-18-16(17)10-5-13-22-18/h1-14H. The van der Waals surface area contributed by atoms with Gasteiger partial charge in [-0.2, -0.15) is 0 Å². The molecule has 2 aromatic carbocycles. The quantitative estimate of drug-likeness (QED) is 0.476. The minimum Gasteiger partial charge on any atom is -0.277 e. The van der Waals surface area contributed by atoms with Gasteiger partial charge in [0.15, 0.2) is 5.65 Å². The van der Waals surface area contributed by atoms with Crippen LogP contribution in [0.4, 0.5) is 0 Å². The summed E-state index contributed by atoms with van der Waals surface area (Å²) in [5, 5.41) is 1.08. The molecule has 0 saturated carbocycles. The molecule has 118 valence electrons. The van der Waals surface area contributed by atoms with Crippen LogP contribution < -0.4 is 0 Å². The van der Waals surface area contributed by atoms with Gasteiger partial charge in [-0.3, -0.25) is 9.55 Å². The molecule has 0 bridgehead atoms. The Labute approximate surface area is 144 Å². The topological polar surface area (TPSA) is 43.6 Å². The maximum atomic E-state index is 4.88. The highest BCUT2D eigenvalue weighted by molar-refractivity contribution is 5.95. The first-order valence-corrected chi connectivity index (χ1v) is 8.15. The fourth-order valence-electron chi connectivity index (χ4n) is 3.21. The third kappa shape index (κ3) is 2.19. The van der Waals surface area contributed by atoms with E-state index in [9.17, 15) is 0 Å². The molecule has 3 heterocycles. The van der Waals surface area contributed by atoms with Gasteiger partial charge in [0.25, 0.3) is 0 Å². The molecule has 25 heavy (non-hydrogen) atoms. The number of hydrogen-bond acceptors (Lipinski definition) is 3. The van der Waals surface area contributed by atoms with Crippen molar-refractivity contribution in [3.8, 4) is 17.1 Å². The van der Waals surface area contributed by atoms with Crippen molar-refractivity contribution in [1.29, 1.82) is 0 Å². The molecule has 5 rings (SSSR count). The van der Waals surface area contributed by atoms with Crippen LogP contribution in [0.2, 0.25) is 0 Å². The molecule has 0 unspecified atom stereocenters. The van der Waals surface area contributed by atoms with Gasteiger partial charge in [-0.1, -0.05) is 36.4 Å². The molecule has 0 N–H and O–H groups in total. The van der Waals surface area contributed by atoms with Crippen LogP contribution in [0, 0.1) is 0 Å². The fraction of sp³-hybridized carbons (Fsp3) is 0. The second kappa shape index (κ2) is 5.53. The van der Waals surface area contributed by atoms with Gasteiger partial charge < -0.3 is 0 Å². The normalized spacial score (nSPS) is 11.2. The second-order valence-electron chi connectivity index (χ2n) is 5.83. The van der Waals surface area contributed by atoms with E-state index in [4.69, 9.17) is 4.98 Å². The molecule has 0 amide bonds. The zero-order chi connectivity index (χ0) is 16.6. The van der Waals surface area contributed by atoms with E-state index < -0.39 is 0 Å². The van der Waals surface area contributed by atoms with Crippen LogP contribution in [0.5, 0.6) is 0 Å². The summed E-state index contributed by atoms with van der Waals surface area (Å²) < 4.78 is 2.11. The molecule has 0 aliphatic heterocycles. The van der Waals surface area contributed by atoms with Crippen molar-refractivity contribution >= 4 is 22.1 Å². The van der Waals surface area contributed by atoms with E-state index in [-0.39, 0.29) is 0 Å². The first kappa shape index (κ1) is 13.9. The Bertz CT molecular complexity index is 1190. The van der Waals surface area contributed by atoms with Crippen molar-refractivity contribution in [3.63, 3.8) is 0 Å². The Morgan fingerprint density at radius 1 is 0.640 bits per heavy atom. The van der Waals surface area contributed by atoms with E-state index in [0.29, 0.717) is 0 Å². The van der Waals surface area contributed by atoms with Crippen LogP contribution in [-0.4, -0.2) is 19.5 Å². The number of fused-ring (bicyclic) bond motifs is 2. The number of rotatable bonds is 2. The molecule has 3 aromatic heterocycles. The minimum absolute atomic E-state index is 0.851. The molecule has 4 heteroatoms. The lowest BCUT2D eigenvalue weighted by Crippen LogP contribution is -1.99. The average molecular weight is 322 g/mol. The number of para-hydroxylation sites is 1. The van der Waals surface area contributed by atoms with Crippen molar-refractivity contribution in [1.82, 2.24) is 19.5 Å². The second-order valence-corrected chi connectivity index (χ2v) is 5.83. The largest absolute Gasteiger partial charge is 0.277 e. The smallest absolute Gasteiger partial charge is 0.164 e. The number of aromatic nitrogens is 4. The molecule has 0 atom stereocenters. The summed E-state index contributed by atoms with van der Waals surface area (Å²) in [5.41, 5.74) is 4.78. The third-order valence-electron chi connectivity index (χ3n) is 4.32. The number of pyridine rings is 2. The summed E-state index contributed by atoms with van der Waals surface area (Å²) in [7, 11) is 0. The molecule has 0 aliphatic rings. The zero-order valence-corrected chi connectivity index (χ0v) is 13.4. The molecule has 0 spiro atoms. The number of nitrogens with zero attached hydrogens (tertiary/aromatic N) is 4. The molecule has 0 saturated heterocycles. The SMILES string of the molecule is c1ccc(-n2c(-c3cccc4ncccc34)nc3cccnc32)cc1. The minimum atomic E-state index is 0.851. The molecule has 5 aromatic rings. The van der Waals surface area contributed by atoms with Crippen LogP contribution >= 0.6 is 0 Å². The first-order valence-electron chi connectivity index (χ1n) is 8.15. The lowest BCUT2D eigenvalue weighted by atomic mass is 10.1. The number of hydrogen-bond donors (Lipinski definition) is 0. The van der Waals surface area contributed by atoms with Crippen molar-refractivity contribution in [2.24, 2.45) is 0 Å². The molecular formula is C21H14N4. The molecular weight excluding hydrogens is 308 g/mol. The highest BCUT2D eigenvalue weighted by Gasteiger charge is 2.16. The van der Waals surface area contributed by atoms with E-state index in [1.807, 2.05) is 54.7 Å². The van der Waals surface area contributed by atoms with Gasteiger partial charge in [-0.25, -0.2) is 9.97 Å². The van der Waals surface area contributed by atoms with Gasteiger partial charge in [0.2, 0.25) is 0 Å². The summed E-state index contributed by atoms with van der Waals surface area (Å²) in [4.78, 5) is 13.9. The summed E-state index contributed by atoms with van der Waals surface area (Å²) in [6.45, 7) is 0. The van der Waals surface area contributed by atoms with E-state index >= 15 is 0 Å². The van der Waals surface area contributed by atoms with E-state index in [0.717, 1.165) is 39.1 Å². The Hall–Kier alpha value is -3.53. The van der Waals surface area contributed by atoms with Crippen molar-refractivity contribution < 1.29 is 0 Å². The van der Waals surface area contributed by atoms with Crippen molar-refractivity contribution in [3.05, 3.63) is 85.2 Å². The monoisotopic (exact) mass is 322 g/mol. The van der Waals surface area contributed by atoms with Crippen LogP contribution in [0.3, 0.4) is 0 Å². The Morgan fingerprint density at radius 3 is 2.36 bits per heavy atom. The van der Waals surface area contributed by atoms with Crippen LogP contribution in [-0.2, 0) is 0 Å². The lowest BCUT2D eigenvalue weighted by Gasteiger charge is -2.10. The highest BCUT2D eigenvalue weighted by Crippen LogP contribution is 2.31. The maximum absolute atomic E-state index is 4.88. The average Bonchev–Trinajstić information content (AvgIpc) is 3.07. The Kier molecular flexibility index (Phi) is 3.07. The predicted molar refractivity (Wildman–Crippen MR) is 99.6 cm³/mol. The number of benzene rings is 2. The summed E-state index contributed by atoms with van der Waals surface area (Å²) in [6, 6.07) is 24.3. The Morgan fingerprint density at radius 2 is 1.44 bits per heavy atom. The maximum Gasteiger partial charge on any atom is 0.164 e. The molecule has 0 aliphatic carbocycles. The summed E-state index contributed by atoms with van der Waals surface area (Å²) >= 11 is 0. The van der Waals surface area contributed by atoms with Crippen LogP contribution in [0.25, 0.3) is 39.1 Å². The zero-order valence-electron chi connectivity index (χ0n) is 13.4. The van der Waals surface area contributed by atoms with Gasteiger partial charge in [0.05, 0.1) is 5.52 Å². The van der Waals surface area contributed by atoms with Crippen LogP contribution in [0.1, 0.15) is 0 Å². The van der Waals surface area contributed by atoms with Gasteiger partial charge >= 0.3 is 0 Å². The van der Waals surface area contributed by atoms with Gasteiger partial charge in [0, 0.05) is 29.0 Å². The fourth-order valence-corrected chi connectivity index (χ4v) is 3.21. The van der Waals surface area contributed by atoms with Crippen molar-refractivity contribution in [2.45, 2.75) is 0 Å². The number of imidazole rings is 1. The molecule has 0 fully saturated rings. The van der Waals surface area contributed by atoms with Gasteiger partial charge in [-0.05, 0) is 36.4 Å². The molecule has 0 radical (unpaired) electrons. The molecule has 4 nitrogen and oxygen atoms in total. The first-order chi connectivity index (χ1) is 12.4. The van der Waals surface area contributed by atoms with Gasteiger partial charge in [0.1, 0.15) is 11.3 Å². The van der Waals surface area contributed by atoms with E-state index in [1.165, 1.54) is 0 Å². The van der Waals surface area contributed by atoms with E-state index in [2.05, 4.69) is 38.8 Å². The predicted octanol–water partition coefficient (Wildman–Crippen LogP) is 4.64. The van der Waals surface area contributed by atoms with E-state index in [1.54, 1.807) is 6.20 Å². The summed E-state index contributed by atoms with van der Waals surface area (Å²) in [5.74, 6) is 0.874.